The van der Waals surface area contributed by atoms with E-state index in [2.05, 4.69) is 18.7 Å². The van der Waals surface area contributed by atoms with Crippen molar-refractivity contribution in [2.24, 2.45) is 17.6 Å². The van der Waals surface area contributed by atoms with Crippen LogP contribution in [0.1, 0.15) is 31.9 Å². The molecule has 4 heteroatoms. The predicted octanol–water partition coefficient (Wildman–Crippen LogP) is 3.97. The molecule has 1 heterocycles. The maximum atomic E-state index is 6.12. The van der Waals surface area contributed by atoms with Gasteiger partial charge in [-0.1, -0.05) is 43.1 Å². The molecule has 106 valence electrons. The summed E-state index contributed by atoms with van der Waals surface area (Å²) in [7, 11) is 0. The highest BCUT2D eigenvalue weighted by molar-refractivity contribution is 6.42. The number of halogens is 2. The van der Waals surface area contributed by atoms with Crippen molar-refractivity contribution < 1.29 is 0 Å². The molecule has 2 nitrogen and oxygen atoms in total. The van der Waals surface area contributed by atoms with Crippen LogP contribution in [0.15, 0.2) is 18.2 Å². The Labute approximate surface area is 125 Å². The lowest BCUT2D eigenvalue weighted by Gasteiger charge is -2.40. The van der Waals surface area contributed by atoms with Crippen LogP contribution in [-0.4, -0.2) is 24.5 Å². The Hall–Kier alpha value is -0.280. The number of nitrogens with two attached hydrogens (primary N) is 1. The number of nitrogens with zero attached hydrogens (tertiary/aromatic N) is 1. The molecule has 1 saturated heterocycles. The van der Waals surface area contributed by atoms with Gasteiger partial charge in [-0.05, 0) is 36.0 Å². The minimum absolute atomic E-state index is 0.236. The van der Waals surface area contributed by atoms with E-state index in [4.69, 9.17) is 28.9 Å². The van der Waals surface area contributed by atoms with Gasteiger partial charge in [0.15, 0.2) is 0 Å². The first-order valence-electron chi connectivity index (χ1n) is 6.90. The third kappa shape index (κ3) is 3.63. The van der Waals surface area contributed by atoms with E-state index in [0.29, 0.717) is 16.6 Å². The van der Waals surface area contributed by atoms with Crippen molar-refractivity contribution in [3.05, 3.63) is 33.8 Å². The number of hydrogen-bond acceptors (Lipinski definition) is 2. The molecule has 2 N–H and O–H groups in total. The zero-order chi connectivity index (χ0) is 14.0. The first-order chi connectivity index (χ1) is 9.01. The summed E-state index contributed by atoms with van der Waals surface area (Å²) in [5.41, 5.74) is 7.16. The van der Waals surface area contributed by atoms with Gasteiger partial charge in [0.05, 0.1) is 10.0 Å². The van der Waals surface area contributed by atoms with Gasteiger partial charge in [-0.2, -0.15) is 0 Å². The van der Waals surface area contributed by atoms with E-state index >= 15 is 0 Å². The van der Waals surface area contributed by atoms with Gasteiger partial charge in [0.1, 0.15) is 0 Å². The van der Waals surface area contributed by atoms with E-state index in [-0.39, 0.29) is 6.04 Å². The topological polar surface area (TPSA) is 29.3 Å². The number of likely N-dealkylation sites (tertiary alicyclic amines) is 1. The molecule has 0 amide bonds. The quantitative estimate of drug-likeness (QED) is 0.915. The summed E-state index contributed by atoms with van der Waals surface area (Å²) in [5, 5.41) is 1.21. The van der Waals surface area contributed by atoms with Crippen molar-refractivity contribution >= 4 is 23.2 Å². The fourth-order valence-electron chi connectivity index (χ4n) is 3.18. The van der Waals surface area contributed by atoms with Crippen LogP contribution in [0.25, 0.3) is 0 Å². The van der Waals surface area contributed by atoms with Crippen molar-refractivity contribution in [2.45, 2.75) is 26.3 Å². The second-order valence-electron chi connectivity index (χ2n) is 5.82. The molecule has 3 unspecified atom stereocenters. The molecule has 0 spiro atoms. The Morgan fingerprint density at radius 2 is 1.84 bits per heavy atom. The average molecular weight is 301 g/mol. The van der Waals surface area contributed by atoms with Crippen LogP contribution in [0, 0.1) is 11.8 Å². The van der Waals surface area contributed by atoms with Gasteiger partial charge in [-0.25, -0.2) is 0 Å². The van der Waals surface area contributed by atoms with E-state index in [1.807, 2.05) is 18.2 Å². The summed E-state index contributed by atoms with van der Waals surface area (Å²) in [6.45, 7) is 7.44. The number of benzene rings is 1. The molecular formula is C15H22Cl2N2. The zero-order valence-electron chi connectivity index (χ0n) is 11.6. The summed E-state index contributed by atoms with van der Waals surface area (Å²) in [4.78, 5) is 2.48. The molecule has 0 aliphatic carbocycles. The first kappa shape index (κ1) is 15.1. The summed E-state index contributed by atoms with van der Waals surface area (Å²) < 4.78 is 0. The Kier molecular flexibility index (Phi) is 5.13. The van der Waals surface area contributed by atoms with Gasteiger partial charge in [-0.15, -0.1) is 0 Å². The van der Waals surface area contributed by atoms with Crippen LogP contribution >= 0.6 is 23.2 Å². The molecule has 0 saturated carbocycles. The second-order valence-corrected chi connectivity index (χ2v) is 6.64. The lowest BCUT2D eigenvalue weighted by molar-refractivity contribution is 0.0984. The van der Waals surface area contributed by atoms with Crippen LogP contribution in [0.3, 0.4) is 0 Å². The van der Waals surface area contributed by atoms with Crippen LogP contribution in [0.5, 0.6) is 0 Å². The summed E-state index contributed by atoms with van der Waals surface area (Å²) >= 11 is 12.1. The molecule has 1 aromatic carbocycles. The largest absolute Gasteiger partial charge is 0.329 e. The fourth-order valence-corrected chi connectivity index (χ4v) is 3.49. The third-order valence-electron chi connectivity index (χ3n) is 3.89. The van der Waals surface area contributed by atoms with Crippen molar-refractivity contribution in [3.8, 4) is 0 Å². The van der Waals surface area contributed by atoms with Crippen molar-refractivity contribution in [1.29, 1.82) is 0 Å². The smallest absolute Gasteiger partial charge is 0.0595 e. The van der Waals surface area contributed by atoms with E-state index < -0.39 is 0 Å². The Morgan fingerprint density at radius 3 is 2.37 bits per heavy atom. The normalized spacial score (nSPS) is 26.4. The van der Waals surface area contributed by atoms with Crippen molar-refractivity contribution in [2.75, 3.05) is 19.6 Å². The van der Waals surface area contributed by atoms with Gasteiger partial charge in [0, 0.05) is 25.7 Å². The van der Waals surface area contributed by atoms with Crippen LogP contribution in [0.2, 0.25) is 10.0 Å². The maximum Gasteiger partial charge on any atom is 0.0595 e. The van der Waals surface area contributed by atoms with Crippen LogP contribution in [0.4, 0.5) is 0 Å². The standard InChI is InChI=1S/C15H22Cl2N2/c1-10-5-11(2)9-19(8-10)15(7-18)12-3-4-13(16)14(17)6-12/h3-4,6,10-11,15H,5,7-9,18H2,1-2H3. The highest BCUT2D eigenvalue weighted by Gasteiger charge is 2.27. The molecule has 0 aromatic heterocycles. The van der Waals surface area contributed by atoms with Crippen LogP contribution < -0.4 is 5.73 Å². The van der Waals surface area contributed by atoms with Crippen molar-refractivity contribution in [1.82, 2.24) is 4.90 Å². The van der Waals surface area contributed by atoms with E-state index in [0.717, 1.165) is 24.9 Å². The average Bonchev–Trinajstić information content (AvgIpc) is 2.33. The lowest BCUT2D eigenvalue weighted by atomic mass is 9.89. The minimum atomic E-state index is 0.236. The van der Waals surface area contributed by atoms with Gasteiger partial charge >= 0.3 is 0 Å². The first-order valence-corrected chi connectivity index (χ1v) is 7.66. The molecule has 3 atom stereocenters. The summed E-state index contributed by atoms with van der Waals surface area (Å²) in [5.74, 6) is 1.45. The molecule has 1 aromatic rings. The maximum absolute atomic E-state index is 6.12. The molecule has 1 aliphatic heterocycles. The molecule has 0 radical (unpaired) electrons. The molecule has 19 heavy (non-hydrogen) atoms. The van der Waals surface area contributed by atoms with Gasteiger partial charge in [0.25, 0.3) is 0 Å². The zero-order valence-corrected chi connectivity index (χ0v) is 13.1. The Balaban J connectivity index is 2.21. The summed E-state index contributed by atoms with van der Waals surface area (Å²) in [6.07, 6.45) is 1.30. The van der Waals surface area contributed by atoms with E-state index in [9.17, 15) is 0 Å². The Morgan fingerprint density at radius 1 is 1.21 bits per heavy atom. The molecular weight excluding hydrogens is 279 g/mol. The van der Waals surface area contributed by atoms with E-state index in [1.54, 1.807) is 0 Å². The SMILES string of the molecule is CC1CC(C)CN(C(CN)c2ccc(Cl)c(Cl)c2)C1. The minimum Gasteiger partial charge on any atom is -0.329 e. The fraction of sp³-hybridized carbons (Fsp3) is 0.600. The number of rotatable bonds is 3. The Bertz CT molecular complexity index is 426. The highest BCUT2D eigenvalue weighted by atomic mass is 35.5. The van der Waals surface area contributed by atoms with Gasteiger partial charge in [-0.3, -0.25) is 4.90 Å². The lowest BCUT2D eigenvalue weighted by Crippen LogP contribution is -2.43. The van der Waals surface area contributed by atoms with E-state index in [1.165, 1.54) is 12.0 Å². The van der Waals surface area contributed by atoms with Crippen molar-refractivity contribution in [3.63, 3.8) is 0 Å². The molecule has 2 rings (SSSR count). The predicted molar refractivity (Wildman–Crippen MR) is 82.8 cm³/mol. The number of hydrogen-bond donors (Lipinski definition) is 1. The molecule has 1 aliphatic rings. The third-order valence-corrected chi connectivity index (χ3v) is 4.63. The number of piperidine rings is 1. The highest BCUT2D eigenvalue weighted by Crippen LogP contribution is 2.31. The van der Waals surface area contributed by atoms with Crippen LogP contribution in [-0.2, 0) is 0 Å². The second kappa shape index (κ2) is 6.45. The van der Waals surface area contributed by atoms with Gasteiger partial charge in [0.2, 0.25) is 0 Å². The monoisotopic (exact) mass is 300 g/mol. The molecule has 0 bridgehead atoms. The molecule has 1 fully saturated rings. The summed E-state index contributed by atoms with van der Waals surface area (Å²) in [6, 6.07) is 6.08. The van der Waals surface area contributed by atoms with Gasteiger partial charge < -0.3 is 5.73 Å².